The minimum atomic E-state index is -0.448. The van der Waals surface area contributed by atoms with Crippen molar-refractivity contribution in [2.24, 2.45) is 5.73 Å². The summed E-state index contributed by atoms with van der Waals surface area (Å²) in [4.78, 5) is 24.7. The van der Waals surface area contributed by atoms with Crippen LogP contribution in [0.15, 0.2) is 30.5 Å². The number of hydrogen-bond acceptors (Lipinski definition) is 5. The summed E-state index contributed by atoms with van der Waals surface area (Å²) < 4.78 is 0. The summed E-state index contributed by atoms with van der Waals surface area (Å²) in [6.45, 7) is 2.00. The normalized spacial score (nSPS) is 19.1. The van der Waals surface area contributed by atoms with E-state index in [0.29, 0.717) is 11.0 Å². The topological polar surface area (TPSA) is 87.4 Å². The Morgan fingerprint density at radius 3 is 2.57 bits per heavy atom. The Bertz CT molecular complexity index is 835. The Kier molecular flexibility index (Phi) is 6.24. The largest absolute Gasteiger partial charge is 0.362 e. The second-order valence-corrected chi connectivity index (χ2v) is 7.87. The number of aryl methyl sites for hydroxylation is 1. The average Bonchev–Trinajstić information content (AvgIpc) is 2.64. The summed E-state index contributed by atoms with van der Waals surface area (Å²) >= 11 is 6.09. The van der Waals surface area contributed by atoms with E-state index in [4.69, 9.17) is 17.3 Å². The zero-order valence-corrected chi connectivity index (χ0v) is 17.3. The van der Waals surface area contributed by atoms with Gasteiger partial charge in [-0.25, -0.2) is 9.78 Å². The second-order valence-electron chi connectivity index (χ2n) is 7.43. The molecule has 3 N–H and O–H groups in total. The average molecular weight is 403 g/mol. The van der Waals surface area contributed by atoms with Crippen LogP contribution in [-0.4, -0.2) is 42.2 Å². The molecule has 0 bridgehead atoms. The van der Waals surface area contributed by atoms with Gasteiger partial charge in [0.15, 0.2) is 0 Å². The van der Waals surface area contributed by atoms with Crippen LogP contribution in [0.1, 0.15) is 31.2 Å². The first-order valence-electron chi connectivity index (χ1n) is 9.47. The van der Waals surface area contributed by atoms with Crippen LogP contribution in [-0.2, 0) is 0 Å². The number of hydrogen-bond donors (Lipinski definition) is 2. The van der Waals surface area contributed by atoms with E-state index in [1.165, 1.54) is 0 Å². The molecule has 0 atom stereocenters. The van der Waals surface area contributed by atoms with Gasteiger partial charge < -0.3 is 16.0 Å². The fourth-order valence-electron chi connectivity index (χ4n) is 3.76. The molecule has 2 amide bonds. The van der Waals surface area contributed by atoms with E-state index in [1.54, 1.807) is 17.0 Å². The third kappa shape index (κ3) is 4.65. The molecule has 28 heavy (non-hydrogen) atoms. The van der Waals surface area contributed by atoms with Gasteiger partial charge in [0.05, 0.1) is 0 Å². The molecule has 150 valence electrons. The van der Waals surface area contributed by atoms with Crippen LogP contribution >= 0.6 is 11.6 Å². The zero-order valence-electron chi connectivity index (χ0n) is 16.5. The summed E-state index contributed by atoms with van der Waals surface area (Å²) in [7, 11) is 3.94. The number of nitrogens with one attached hydrogen (secondary N) is 1. The lowest BCUT2D eigenvalue weighted by atomic mass is 9.90. The smallest absolute Gasteiger partial charge is 0.319 e. The number of anilines is 3. The molecule has 2 aromatic rings. The van der Waals surface area contributed by atoms with Gasteiger partial charge in [-0.15, -0.1) is 0 Å². The van der Waals surface area contributed by atoms with Crippen molar-refractivity contribution in [1.82, 2.24) is 9.97 Å². The van der Waals surface area contributed by atoms with Crippen LogP contribution in [0.5, 0.6) is 0 Å². The van der Waals surface area contributed by atoms with Crippen molar-refractivity contribution in [3.8, 4) is 0 Å². The number of aromatic nitrogens is 2. The molecule has 7 nitrogen and oxygen atoms in total. The summed E-state index contributed by atoms with van der Waals surface area (Å²) in [5, 5.41) is 4.03. The van der Waals surface area contributed by atoms with Gasteiger partial charge in [0.2, 0.25) is 5.95 Å². The molecule has 1 heterocycles. The Morgan fingerprint density at radius 2 is 1.96 bits per heavy atom. The molecule has 0 saturated heterocycles. The number of amides is 2. The third-order valence-corrected chi connectivity index (χ3v) is 5.32. The maximum absolute atomic E-state index is 12.1. The number of rotatable bonds is 5. The number of benzene rings is 1. The molecule has 0 unspecified atom stereocenters. The number of nitrogens with zero attached hydrogens (tertiary/aromatic N) is 4. The predicted octanol–water partition coefficient (Wildman–Crippen LogP) is 3.81. The highest BCUT2D eigenvalue weighted by Crippen LogP contribution is 2.30. The van der Waals surface area contributed by atoms with Gasteiger partial charge in [-0.3, -0.25) is 4.90 Å². The maximum Gasteiger partial charge on any atom is 0.319 e. The lowest BCUT2D eigenvalue weighted by molar-refractivity contribution is 0.248. The summed E-state index contributed by atoms with van der Waals surface area (Å²) in [6.07, 6.45) is 5.34. The summed E-state index contributed by atoms with van der Waals surface area (Å²) in [5.41, 5.74) is 7.45. The van der Waals surface area contributed by atoms with Gasteiger partial charge in [0.1, 0.15) is 5.82 Å². The van der Waals surface area contributed by atoms with E-state index in [0.717, 1.165) is 42.8 Å². The first-order chi connectivity index (χ1) is 13.3. The van der Waals surface area contributed by atoms with E-state index in [1.807, 2.05) is 44.2 Å². The summed E-state index contributed by atoms with van der Waals surface area (Å²) in [6, 6.07) is 7.14. The molecular formula is C20H27ClN6O. The van der Waals surface area contributed by atoms with Crippen molar-refractivity contribution in [3.05, 3.63) is 41.0 Å². The van der Waals surface area contributed by atoms with E-state index < -0.39 is 6.03 Å². The lowest BCUT2D eigenvalue weighted by Crippen LogP contribution is -2.46. The van der Waals surface area contributed by atoms with Gasteiger partial charge in [-0.2, -0.15) is 4.98 Å². The molecule has 8 heteroatoms. The van der Waals surface area contributed by atoms with Crippen LogP contribution in [0, 0.1) is 6.92 Å². The number of primary amides is 1. The lowest BCUT2D eigenvalue weighted by Gasteiger charge is -2.36. The number of carbonyl (C=O) groups is 1. The van der Waals surface area contributed by atoms with E-state index >= 15 is 0 Å². The highest BCUT2D eigenvalue weighted by atomic mass is 35.5. The molecule has 1 aliphatic carbocycles. The Morgan fingerprint density at radius 1 is 1.25 bits per heavy atom. The minimum Gasteiger partial charge on any atom is -0.362 e. The van der Waals surface area contributed by atoms with Crippen molar-refractivity contribution < 1.29 is 4.79 Å². The van der Waals surface area contributed by atoms with E-state index in [9.17, 15) is 4.79 Å². The van der Waals surface area contributed by atoms with Crippen LogP contribution in [0.2, 0.25) is 5.02 Å². The van der Waals surface area contributed by atoms with Gasteiger partial charge in [-0.1, -0.05) is 17.7 Å². The molecule has 1 aliphatic rings. The van der Waals surface area contributed by atoms with Gasteiger partial charge in [0.25, 0.3) is 0 Å². The Hall–Kier alpha value is -2.54. The predicted molar refractivity (Wildman–Crippen MR) is 114 cm³/mol. The Balaban J connectivity index is 1.65. The SMILES string of the molecule is Cc1cnc(N[C@H]2CC[C@@H](N(C(N)=O)c3cccc(Cl)c3)CC2)nc1N(C)C. The third-order valence-electron chi connectivity index (χ3n) is 5.09. The molecular weight excluding hydrogens is 376 g/mol. The second kappa shape index (κ2) is 8.65. The minimum absolute atomic E-state index is 0.0605. The van der Waals surface area contributed by atoms with Crippen LogP contribution in [0.25, 0.3) is 0 Å². The van der Waals surface area contributed by atoms with Crippen molar-refractivity contribution in [3.63, 3.8) is 0 Å². The number of carbonyl (C=O) groups excluding carboxylic acids is 1. The highest BCUT2D eigenvalue weighted by molar-refractivity contribution is 6.30. The fourth-order valence-corrected chi connectivity index (χ4v) is 3.94. The van der Waals surface area contributed by atoms with E-state index in [2.05, 4.69) is 15.3 Å². The number of halogens is 1. The van der Waals surface area contributed by atoms with Crippen molar-refractivity contribution in [2.75, 3.05) is 29.2 Å². The van der Waals surface area contributed by atoms with Crippen LogP contribution in [0.3, 0.4) is 0 Å². The van der Waals surface area contributed by atoms with Gasteiger partial charge in [0, 0.05) is 48.6 Å². The fraction of sp³-hybridized carbons (Fsp3) is 0.450. The first kappa shape index (κ1) is 20.2. The Labute approximate surface area is 170 Å². The van der Waals surface area contributed by atoms with E-state index in [-0.39, 0.29) is 12.1 Å². The quantitative estimate of drug-likeness (QED) is 0.793. The summed E-state index contributed by atoms with van der Waals surface area (Å²) in [5.74, 6) is 1.55. The standard InChI is InChI=1S/C20H27ClN6O/c1-13-12-23-20(25-18(13)26(2)3)24-15-7-9-16(10-8-15)27(19(22)28)17-6-4-5-14(21)11-17/h4-6,11-12,15-16H,7-10H2,1-3H3,(H2,22,28)(H,23,24,25)/t15-,16+. The van der Waals surface area contributed by atoms with Gasteiger partial charge in [-0.05, 0) is 50.8 Å². The molecule has 0 spiro atoms. The maximum atomic E-state index is 12.1. The van der Waals surface area contributed by atoms with Crippen molar-refractivity contribution in [1.29, 1.82) is 0 Å². The molecule has 1 fully saturated rings. The number of urea groups is 1. The molecule has 1 aromatic carbocycles. The van der Waals surface area contributed by atoms with Crippen molar-refractivity contribution in [2.45, 2.75) is 44.7 Å². The monoisotopic (exact) mass is 402 g/mol. The molecule has 0 radical (unpaired) electrons. The van der Waals surface area contributed by atoms with Crippen LogP contribution < -0.4 is 20.9 Å². The first-order valence-corrected chi connectivity index (χ1v) is 9.84. The molecule has 1 saturated carbocycles. The molecule has 3 rings (SSSR count). The van der Waals surface area contributed by atoms with Crippen molar-refractivity contribution >= 4 is 35.1 Å². The zero-order chi connectivity index (χ0) is 20.3. The van der Waals surface area contributed by atoms with Crippen LogP contribution in [0.4, 0.5) is 22.2 Å². The number of nitrogens with two attached hydrogens (primary N) is 1. The molecule has 1 aromatic heterocycles. The highest BCUT2D eigenvalue weighted by Gasteiger charge is 2.29. The van der Waals surface area contributed by atoms with Gasteiger partial charge >= 0.3 is 6.03 Å². The molecule has 0 aliphatic heterocycles.